The molecular weight excluding hydrogens is 336 g/mol. The minimum absolute atomic E-state index is 0.0259. The highest BCUT2D eigenvalue weighted by Crippen LogP contribution is 2.39. The third-order valence-electron chi connectivity index (χ3n) is 4.95. The van der Waals surface area contributed by atoms with Gasteiger partial charge in [-0.25, -0.2) is 0 Å². The van der Waals surface area contributed by atoms with Gasteiger partial charge in [-0.15, -0.1) is 21.5 Å². The van der Waals surface area contributed by atoms with Gasteiger partial charge in [0, 0.05) is 24.9 Å². The van der Waals surface area contributed by atoms with E-state index >= 15 is 0 Å². The second kappa shape index (κ2) is 6.71. The van der Waals surface area contributed by atoms with Gasteiger partial charge in [-0.2, -0.15) is 0 Å². The summed E-state index contributed by atoms with van der Waals surface area (Å²) in [5.74, 6) is 2.87. The molecule has 1 unspecified atom stereocenters. The Balaban J connectivity index is 1.33. The molecule has 2 aliphatic rings. The molecule has 1 saturated carbocycles. The zero-order valence-electron chi connectivity index (χ0n) is 14.3. The number of amides is 1. The van der Waals surface area contributed by atoms with Crippen LogP contribution in [0.25, 0.3) is 0 Å². The number of aromatic nitrogens is 3. The number of Topliss-reactive ketones (excluding diaryl/α,β-unsaturated/α-hetero) is 1. The molecule has 1 amide bonds. The van der Waals surface area contributed by atoms with Crippen LogP contribution >= 0.6 is 11.3 Å². The molecule has 0 spiro atoms. The number of aryl methyl sites for hydroxylation is 1. The van der Waals surface area contributed by atoms with Gasteiger partial charge in [-0.05, 0) is 49.6 Å². The van der Waals surface area contributed by atoms with E-state index in [4.69, 9.17) is 0 Å². The highest BCUT2D eigenvalue weighted by Gasteiger charge is 2.31. The summed E-state index contributed by atoms with van der Waals surface area (Å²) < 4.78 is 2.27. The van der Waals surface area contributed by atoms with Crippen molar-refractivity contribution in [2.45, 2.75) is 64.0 Å². The molecule has 132 valence electrons. The van der Waals surface area contributed by atoms with Crippen LogP contribution < -0.4 is 5.32 Å². The van der Waals surface area contributed by atoms with Crippen molar-refractivity contribution in [1.82, 2.24) is 20.1 Å². The maximum atomic E-state index is 12.3. The van der Waals surface area contributed by atoms with Crippen LogP contribution in [0.3, 0.4) is 0 Å². The fourth-order valence-electron chi connectivity index (χ4n) is 3.42. The predicted molar refractivity (Wildman–Crippen MR) is 94.9 cm³/mol. The largest absolute Gasteiger partial charge is 0.353 e. The average Bonchev–Trinajstić information content (AvgIpc) is 3.23. The van der Waals surface area contributed by atoms with Gasteiger partial charge >= 0.3 is 0 Å². The van der Waals surface area contributed by atoms with Crippen LogP contribution in [0.15, 0.2) is 11.4 Å². The summed E-state index contributed by atoms with van der Waals surface area (Å²) in [6, 6.07) is 2.00. The standard InChI is InChI=1S/C18H22N4O2S/c1-11(23)15-8-12(10-25-15)9-17(24)19-14-4-5-16-20-21-18(13-2-3-13)22(16)7-6-14/h8,10,13-14H,2-7,9H2,1H3,(H,19,24). The third kappa shape index (κ3) is 3.66. The summed E-state index contributed by atoms with van der Waals surface area (Å²) in [5, 5.41) is 13.8. The Bertz CT molecular complexity index is 806. The molecule has 1 atom stereocenters. The number of carbonyl (C=O) groups excluding carboxylic acids is 2. The molecule has 1 fully saturated rings. The Kier molecular flexibility index (Phi) is 4.41. The highest BCUT2D eigenvalue weighted by atomic mass is 32.1. The number of fused-ring (bicyclic) bond motifs is 1. The molecule has 2 aromatic heterocycles. The van der Waals surface area contributed by atoms with Crippen molar-refractivity contribution in [2.75, 3.05) is 0 Å². The lowest BCUT2D eigenvalue weighted by Crippen LogP contribution is -2.36. The van der Waals surface area contributed by atoms with Crippen molar-refractivity contribution in [3.63, 3.8) is 0 Å². The van der Waals surface area contributed by atoms with Crippen molar-refractivity contribution < 1.29 is 9.59 Å². The maximum Gasteiger partial charge on any atom is 0.224 e. The fourth-order valence-corrected chi connectivity index (χ4v) is 4.23. The van der Waals surface area contributed by atoms with Crippen LogP contribution in [0.1, 0.15) is 65.4 Å². The summed E-state index contributed by atoms with van der Waals surface area (Å²) >= 11 is 1.40. The molecule has 0 bridgehead atoms. The summed E-state index contributed by atoms with van der Waals surface area (Å²) in [7, 11) is 0. The summed E-state index contributed by atoms with van der Waals surface area (Å²) in [5.41, 5.74) is 0.912. The van der Waals surface area contributed by atoms with Gasteiger partial charge in [-0.1, -0.05) is 0 Å². The average molecular weight is 358 g/mol. The van der Waals surface area contributed by atoms with Crippen LogP contribution in [0.2, 0.25) is 0 Å². The molecule has 0 aromatic carbocycles. The maximum absolute atomic E-state index is 12.3. The van der Waals surface area contributed by atoms with E-state index in [-0.39, 0.29) is 17.7 Å². The summed E-state index contributed by atoms with van der Waals surface area (Å²) in [4.78, 5) is 24.4. The van der Waals surface area contributed by atoms with E-state index in [9.17, 15) is 9.59 Å². The van der Waals surface area contributed by atoms with Gasteiger partial charge in [0.15, 0.2) is 5.78 Å². The Morgan fingerprint density at radius 3 is 2.84 bits per heavy atom. The lowest BCUT2D eigenvalue weighted by molar-refractivity contribution is -0.121. The zero-order valence-corrected chi connectivity index (χ0v) is 15.1. The number of thiophene rings is 1. The normalized spacial score (nSPS) is 20.0. The van der Waals surface area contributed by atoms with Gasteiger partial charge in [0.25, 0.3) is 0 Å². The van der Waals surface area contributed by atoms with Crippen LogP contribution in [0.5, 0.6) is 0 Å². The van der Waals surface area contributed by atoms with E-state index in [2.05, 4.69) is 20.1 Å². The molecule has 1 aliphatic heterocycles. The first kappa shape index (κ1) is 16.4. The molecule has 1 N–H and O–H groups in total. The lowest BCUT2D eigenvalue weighted by atomic mass is 10.1. The van der Waals surface area contributed by atoms with Crippen LogP contribution in [0.4, 0.5) is 0 Å². The molecule has 6 nitrogen and oxygen atoms in total. The molecule has 7 heteroatoms. The minimum Gasteiger partial charge on any atom is -0.353 e. The monoisotopic (exact) mass is 358 g/mol. The third-order valence-corrected chi connectivity index (χ3v) is 6.03. The first-order chi connectivity index (χ1) is 12.1. The minimum atomic E-state index is 0.0259. The number of hydrogen-bond acceptors (Lipinski definition) is 5. The number of nitrogens with zero attached hydrogens (tertiary/aromatic N) is 3. The SMILES string of the molecule is CC(=O)c1cc(CC(=O)NC2CCc3nnc(C4CC4)n3CC2)cs1. The zero-order chi connectivity index (χ0) is 17.4. The van der Waals surface area contributed by atoms with Gasteiger partial charge in [-0.3, -0.25) is 9.59 Å². The van der Waals surface area contributed by atoms with E-state index in [1.165, 1.54) is 24.2 Å². The quantitative estimate of drug-likeness (QED) is 0.833. The number of nitrogens with one attached hydrogen (secondary N) is 1. The molecule has 2 aromatic rings. The highest BCUT2D eigenvalue weighted by molar-refractivity contribution is 7.12. The Hall–Kier alpha value is -2.02. The number of rotatable bonds is 5. The van der Waals surface area contributed by atoms with Gasteiger partial charge < -0.3 is 9.88 Å². The topological polar surface area (TPSA) is 76.9 Å². The molecule has 25 heavy (non-hydrogen) atoms. The fraction of sp³-hybridized carbons (Fsp3) is 0.556. The summed E-state index contributed by atoms with van der Waals surface area (Å²) in [6.45, 7) is 2.43. The van der Waals surface area contributed by atoms with Gasteiger partial charge in [0.05, 0.1) is 11.3 Å². The Labute approximate surface area is 150 Å². The number of hydrogen-bond donors (Lipinski definition) is 1. The van der Waals surface area contributed by atoms with E-state index in [1.807, 2.05) is 11.4 Å². The van der Waals surface area contributed by atoms with E-state index in [0.717, 1.165) is 43.0 Å². The van der Waals surface area contributed by atoms with E-state index < -0.39 is 0 Å². The van der Waals surface area contributed by atoms with Crippen molar-refractivity contribution in [3.05, 3.63) is 33.5 Å². The van der Waals surface area contributed by atoms with Crippen LogP contribution in [-0.4, -0.2) is 32.5 Å². The van der Waals surface area contributed by atoms with Gasteiger partial charge in [0.1, 0.15) is 11.6 Å². The smallest absolute Gasteiger partial charge is 0.224 e. The molecule has 1 aliphatic carbocycles. The first-order valence-corrected chi connectivity index (χ1v) is 9.78. The number of carbonyl (C=O) groups is 2. The molecule has 0 saturated heterocycles. The molecule has 0 radical (unpaired) electrons. The second-order valence-electron chi connectivity index (χ2n) is 7.04. The predicted octanol–water partition coefficient (Wildman–Crippen LogP) is 2.48. The van der Waals surface area contributed by atoms with Crippen molar-refractivity contribution in [1.29, 1.82) is 0 Å². The molecule has 4 rings (SSSR count). The molecule has 3 heterocycles. The van der Waals surface area contributed by atoms with Crippen molar-refractivity contribution >= 4 is 23.0 Å². The van der Waals surface area contributed by atoms with Crippen molar-refractivity contribution in [2.24, 2.45) is 0 Å². The van der Waals surface area contributed by atoms with Crippen LogP contribution in [0, 0.1) is 0 Å². The first-order valence-electron chi connectivity index (χ1n) is 8.90. The van der Waals surface area contributed by atoms with Crippen LogP contribution in [-0.2, 0) is 24.2 Å². The van der Waals surface area contributed by atoms with E-state index in [1.54, 1.807) is 6.92 Å². The van der Waals surface area contributed by atoms with Crippen molar-refractivity contribution in [3.8, 4) is 0 Å². The Morgan fingerprint density at radius 2 is 2.12 bits per heavy atom. The molecular formula is C18H22N4O2S. The Morgan fingerprint density at radius 1 is 1.28 bits per heavy atom. The summed E-state index contributed by atoms with van der Waals surface area (Å²) in [6.07, 6.45) is 5.45. The number of ketones is 1. The van der Waals surface area contributed by atoms with Gasteiger partial charge in [0.2, 0.25) is 5.91 Å². The van der Waals surface area contributed by atoms with E-state index in [0.29, 0.717) is 17.2 Å². The second-order valence-corrected chi connectivity index (χ2v) is 7.96. The lowest BCUT2D eigenvalue weighted by Gasteiger charge is -2.16.